The lowest BCUT2D eigenvalue weighted by Gasteiger charge is -2.33. The molecule has 0 amide bonds. The van der Waals surface area contributed by atoms with Gasteiger partial charge in [-0.05, 0) is 47.1 Å². The van der Waals surface area contributed by atoms with Gasteiger partial charge < -0.3 is 4.90 Å². The number of piperazine rings is 1. The third kappa shape index (κ3) is 3.62. The normalized spacial score (nSPS) is 18.4. The van der Waals surface area contributed by atoms with E-state index in [0.29, 0.717) is 22.5 Å². The van der Waals surface area contributed by atoms with Crippen molar-refractivity contribution in [3.63, 3.8) is 0 Å². The number of benzene rings is 1. The summed E-state index contributed by atoms with van der Waals surface area (Å²) in [5, 5.41) is 0. The van der Waals surface area contributed by atoms with Gasteiger partial charge in [0.05, 0.1) is 4.90 Å². The Bertz CT molecular complexity index is 570. The maximum Gasteiger partial charge on any atom is 0.244 e. The lowest BCUT2D eigenvalue weighted by atomic mass is 10.3. The molecule has 0 radical (unpaired) electrons. The Morgan fingerprint density at radius 2 is 1.80 bits per heavy atom. The minimum absolute atomic E-state index is 0.338. The molecule has 0 aromatic heterocycles. The van der Waals surface area contributed by atoms with E-state index in [9.17, 15) is 8.42 Å². The molecule has 1 aromatic carbocycles. The zero-order valence-electron chi connectivity index (χ0n) is 11.3. The summed E-state index contributed by atoms with van der Waals surface area (Å²) in [6.07, 6.45) is 1.10. The molecule has 20 heavy (non-hydrogen) atoms. The molecule has 1 aliphatic heterocycles. The number of halogens is 2. The zero-order chi connectivity index (χ0) is 14.8. The van der Waals surface area contributed by atoms with Crippen molar-refractivity contribution in [3.05, 3.63) is 27.1 Å². The van der Waals surface area contributed by atoms with Crippen LogP contribution in [0.1, 0.15) is 13.3 Å². The average molecular weight is 426 g/mol. The van der Waals surface area contributed by atoms with Crippen molar-refractivity contribution < 1.29 is 8.42 Å². The van der Waals surface area contributed by atoms with Gasteiger partial charge in [-0.2, -0.15) is 4.31 Å². The molecule has 0 N–H and O–H groups in total. The molecule has 0 saturated carbocycles. The van der Waals surface area contributed by atoms with Gasteiger partial charge in [-0.25, -0.2) is 8.42 Å². The fraction of sp³-hybridized carbons (Fsp3) is 0.538. The van der Waals surface area contributed by atoms with Crippen LogP contribution >= 0.6 is 31.9 Å². The Labute approximate surface area is 137 Å². The van der Waals surface area contributed by atoms with Crippen LogP contribution < -0.4 is 0 Å². The van der Waals surface area contributed by atoms with Crippen LogP contribution in [0.2, 0.25) is 0 Å². The summed E-state index contributed by atoms with van der Waals surface area (Å²) in [5.41, 5.74) is 0. The first kappa shape index (κ1) is 16.4. The SMILES string of the molecule is CCCN1CCN(S(=O)(=O)c2ccc(Br)cc2Br)CC1. The molecule has 0 aliphatic carbocycles. The van der Waals surface area contributed by atoms with Gasteiger partial charge in [-0.1, -0.05) is 22.9 Å². The van der Waals surface area contributed by atoms with E-state index in [1.54, 1.807) is 22.5 Å². The minimum atomic E-state index is -3.41. The van der Waals surface area contributed by atoms with Crippen molar-refractivity contribution >= 4 is 41.9 Å². The van der Waals surface area contributed by atoms with Gasteiger partial charge in [0.2, 0.25) is 10.0 Å². The van der Waals surface area contributed by atoms with Gasteiger partial charge in [0.15, 0.2) is 0 Å². The van der Waals surface area contributed by atoms with Crippen LogP contribution in [0.25, 0.3) is 0 Å². The van der Waals surface area contributed by atoms with Crippen LogP contribution in [0.5, 0.6) is 0 Å². The van der Waals surface area contributed by atoms with Gasteiger partial charge in [0.25, 0.3) is 0 Å². The molecular weight excluding hydrogens is 408 g/mol. The molecule has 0 spiro atoms. The third-order valence-corrected chi connectivity index (χ3v) is 6.75. The lowest BCUT2D eigenvalue weighted by molar-refractivity contribution is 0.188. The van der Waals surface area contributed by atoms with Gasteiger partial charge in [-0.3, -0.25) is 0 Å². The van der Waals surface area contributed by atoms with Gasteiger partial charge in [0, 0.05) is 35.1 Å². The smallest absolute Gasteiger partial charge is 0.244 e. The largest absolute Gasteiger partial charge is 0.301 e. The fourth-order valence-electron chi connectivity index (χ4n) is 2.33. The van der Waals surface area contributed by atoms with Gasteiger partial charge >= 0.3 is 0 Å². The number of sulfonamides is 1. The highest BCUT2D eigenvalue weighted by molar-refractivity contribution is 9.11. The number of hydrogen-bond donors (Lipinski definition) is 0. The van der Waals surface area contributed by atoms with Crippen molar-refractivity contribution in [1.82, 2.24) is 9.21 Å². The van der Waals surface area contributed by atoms with E-state index in [0.717, 1.165) is 30.5 Å². The Hall–Kier alpha value is 0.0500. The molecule has 1 heterocycles. The highest BCUT2D eigenvalue weighted by atomic mass is 79.9. The van der Waals surface area contributed by atoms with E-state index < -0.39 is 10.0 Å². The molecule has 1 aromatic rings. The molecule has 4 nitrogen and oxygen atoms in total. The molecule has 1 fully saturated rings. The average Bonchev–Trinajstić information content (AvgIpc) is 2.39. The predicted octanol–water partition coefficient (Wildman–Crippen LogP) is 2.93. The molecule has 2 rings (SSSR count). The van der Waals surface area contributed by atoms with E-state index in [1.165, 1.54) is 0 Å². The van der Waals surface area contributed by atoms with Crippen molar-refractivity contribution in [2.75, 3.05) is 32.7 Å². The Balaban J connectivity index is 2.15. The maximum absolute atomic E-state index is 12.6. The molecule has 112 valence electrons. The summed E-state index contributed by atoms with van der Waals surface area (Å²) in [7, 11) is -3.41. The van der Waals surface area contributed by atoms with Crippen LogP contribution in [-0.4, -0.2) is 50.3 Å². The van der Waals surface area contributed by atoms with Gasteiger partial charge in [-0.15, -0.1) is 0 Å². The van der Waals surface area contributed by atoms with Crippen LogP contribution in [0, 0.1) is 0 Å². The van der Waals surface area contributed by atoms with E-state index >= 15 is 0 Å². The van der Waals surface area contributed by atoms with Crippen molar-refractivity contribution in [2.24, 2.45) is 0 Å². The van der Waals surface area contributed by atoms with Crippen molar-refractivity contribution in [3.8, 4) is 0 Å². The van der Waals surface area contributed by atoms with E-state index in [1.807, 2.05) is 0 Å². The molecule has 1 saturated heterocycles. The Kier molecular flexibility index (Phi) is 5.64. The third-order valence-electron chi connectivity index (χ3n) is 3.38. The van der Waals surface area contributed by atoms with Crippen LogP contribution in [0.3, 0.4) is 0 Å². The second kappa shape index (κ2) is 6.87. The van der Waals surface area contributed by atoms with Crippen LogP contribution in [0.15, 0.2) is 32.0 Å². The molecule has 0 unspecified atom stereocenters. The van der Waals surface area contributed by atoms with Crippen LogP contribution in [-0.2, 0) is 10.0 Å². The lowest BCUT2D eigenvalue weighted by Crippen LogP contribution is -2.48. The topological polar surface area (TPSA) is 40.6 Å². The molecule has 7 heteroatoms. The first-order chi connectivity index (χ1) is 9.45. The summed E-state index contributed by atoms with van der Waals surface area (Å²) in [6, 6.07) is 5.16. The Morgan fingerprint density at radius 3 is 2.35 bits per heavy atom. The van der Waals surface area contributed by atoms with E-state index in [2.05, 4.69) is 43.7 Å². The molecule has 0 atom stereocenters. The minimum Gasteiger partial charge on any atom is -0.301 e. The molecular formula is C13H18Br2N2O2S. The highest BCUT2D eigenvalue weighted by Crippen LogP contribution is 2.28. The number of hydrogen-bond acceptors (Lipinski definition) is 3. The predicted molar refractivity (Wildman–Crippen MR) is 87.3 cm³/mol. The van der Waals surface area contributed by atoms with Crippen molar-refractivity contribution in [2.45, 2.75) is 18.2 Å². The number of nitrogens with zero attached hydrogens (tertiary/aromatic N) is 2. The summed E-state index contributed by atoms with van der Waals surface area (Å²) in [6.45, 7) is 5.91. The van der Waals surface area contributed by atoms with E-state index in [-0.39, 0.29) is 0 Å². The first-order valence-corrected chi connectivity index (χ1v) is 9.65. The van der Waals surface area contributed by atoms with E-state index in [4.69, 9.17) is 0 Å². The summed E-state index contributed by atoms with van der Waals surface area (Å²) in [5.74, 6) is 0. The Morgan fingerprint density at radius 1 is 1.15 bits per heavy atom. The zero-order valence-corrected chi connectivity index (χ0v) is 15.3. The van der Waals surface area contributed by atoms with Crippen LogP contribution in [0.4, 0.5) is 0 Å². The monoisotopic (exact) mass is 424 g/mol. The molecule has 1 aliphatic rings. The van der Waals surface area contributed by atoms with Crippen molar-refractivity contribution in [1.29, 1.82) is 0 Å². The molecule has 0 bridgehead atoms. The first-order valence-electron chi connectivity index (χ1n) is 6.62. The number of rotatable bonds is 4. The second-order valence-electron chi connectivity index (χ2n) is 4.82. The maximum atomic E-state index is 12.6. The summed E-state index contributed by atoms with van der Waals surface area (Å²) in [4.78, 5) is 2.65. The summed E-state index contributed by atoms with van der Waals surface area (Å²) < 4.78 is 28.3. The second-order valence-corrected chi connectivity index (χ2v) is 8.50. The standard InChI is InChI=1S/C13H18Br2N2O2S/c1-2-5-16-6-8-17(9-7-16)20(18,19)13-4-3-11(14)10-12(13)15/h3-4,10H,2,5-9H2,1H3. The quantitative estimate of drug-likeness (QED) is 0.744. The van der Waals surface area contributed by atoms with Gasteiger partial charge in [0.1, 0.15) is 0 Å². The highest BCUT2D eigenvalue weighted by Gasteiger charge is 2.29. The fourth-order valence-corrected chi connectivity index (χ4v) is 5.46. The summed E-state index contributed by atoms with van der Waals surface area (Å²) >= 11 is 6.68.